The molecule has 2 rings (SSSR count). The molecule has 1 atom stereocenters. The monoisotopic (exact) mass is 260 g/mol. The first-order valence-corrected chi connectivity index (χ1v) is 6.13. The molecule has 1 aliphatic rings. The Morgan fingerprint density at radius 1 is 1.21 bits per heavy atom. The number of carbonyl (C=O) groups is 2. The van der Waals surface area contributed by atoms with Crippen LogP contribution in [0.25, 0.3) is 0 Å². The largest absolute Gasteiger partial charge is 0.495 e. The van der Waals surface area contributed by atoms with E-state index in [1.54, 1.807) is 6.92 Å². The Morgan fingerprint density at radius 3 is 2.53 bits per heavy atom. The Balaban J connectivity index is 2.47. The molecule has 0 aliphatic carbocycles. The highest BCUT2D eigenvalue weighted by molar-refractivity contribution is 6.05. The molecule has 1 aliphatic heterocycles. The normalized spacial score (nSPS) is 19.6. The van der Waals surface area contributed by atoms with Gasteiger partial charge in [-0.05, 0) is 19.4 Å². The van der Waals surface area contributed by atoms with Gasteiger partial charge in [0.2, 0.25) is 0 Å². The third-order valence-corrected chi connectivity index (χ3v) is 2.91. The molecule has 5 heteroatoms. The van der Waals surface area contributed by atoms with Gasteiger partial charge in [-0.3, -0.25) is 10.1 Å². The van der Waals surface area contributed by atoms with E-state index in [9.17, 15) is 9.59 Å². The Morgan fingerprint density at radius 2 is 1.89 bits per heavy atom. The molecule has 5 nitrogen and oxygen atoms in total. The van der Waals surface area contributed by atoms with Crippen molar-refractivity contribution in [1.82, 2.24) is 10.6 Å². The Labute approximate surface area is 111 Å². The summed E-state index contributed by atoms with van der Waals surface area (Å²) in [6, 6.07) is 8.43. The molecule has 0 aromatic heterocycles. The number of carbonyl (C=O) groups excluding carboxylic acids is 2. The van der Waals surface area contributed by atoms with Crippen molar-refractivity contribution in [2.24, 2.45) is 0 Å². The molecule has 19 heavy (non-hydrogen) atoms. The van der Waals surface area contributed by atoms with E-state index in [1.165, 1.54) is 0 Å². The fraction of sp³-hybridized carbons (Fsp3) is 0.286. The van der Waals surface area contributed by atoms with Gasteiger partial charge in [-0.15, -0.1) is 0 Å². The first-order chi connectivity index (χ1) is 9.13. The molecule has 0 spiro atoms. The second-order valence-electron chi connectivity index (χ2n) is 4.19. The van der Waals surface area contributed by atoms with Gasteiger partial charge in [-0.1, -0.05) is 30.3 Å². The average molecular weight is 260 g/mol. The second-order valence-corrected chi connectivity index (χ2v) is 4.19. The van der Waals surface area contributed by atoms with Crippen molar-refractivity contribution in [3.05, 3.63) is 47.2 Å². The minimum absolute atomic E-state index is 0.411. The first-order valence-electron chi connectivity index (χ1n) is 6.13. The zero-order valence-corrected chi connectivity index (χ0v) is 10.9. The van der Waals surface area contributed by atoms with Crippen LogP contribution in [0.2, 0.25) is 0 Å². The van der Waals surface area contributed by atoms with E-state index in [4.69, 9.17) is 4.74 Å². The number of benzene rings is 1. The minimum atomic E-state index is -0.520. The highest BCUT2D eigenvalue weighted by atomic mass is 16.5. The molecule has 0 radical (unpaired) electrons. The number of amides is 3. The zero-order chi connectivity index (χ0) is 13.8. The van der Waals surface area contributed by atoms with Gasteiger partial charge in [0.1, 0.15) is 11.8 Å². The number of ether oxygens (including phenoxy) is 1. The Bertz CT molecular complexity index is 523. The maximum Gasteiger partial charge on any atom is 0.322 e. The molecular weight excluding hydrogens is 244 g/mol. The van der Waals surface area contributed by atoms with E-state index in [-0.39, 0.29) is 0 Å². The van der Waals surface area contributed by atoms with Crippen LogP contribution in [0, 0.1) is 0 Å². The van der Waals surface area contributed by atoms with Crippen LogP contribution in [0.5, 0.6) is 0 Å². The molecule has 0 bridgehead atoms. The summed E-state index contributed by atoms with van der Waals surface area (Å²) in [6.45, 7) is 3.92. The number of nitrogens with one attached hydrogen (secondary N) is 2. The lowest BCUT2D eigenvalue weighted by Gasteiger charge is -2.20. The lowest BCUT2D eigenvalue weighted by atomic mass is 10.0. The van der Waals surface area contributed by atoms with E-state index in [2.05, 4.69) is 10.6 Å². The van der Waals surface area contributed by atoms with Crippen molar-refractivity contribution in [1.29, 1.82) is 0 Å². The second kappa shape index (κ2) is 5.56. The van der Waals surface area contributed by atoms with Crippen LogP contribution >= 0.6 is 0 Å². The standard InChI is InChI=1S/C14H16N2O3/c1-3-19-12-9(2)13(17)16-14(18)15-11(12)10-7-5-4-6-8-10/h4-8,11H,3H2,1-2H3,(H2,15,16,17,18)/t11-/m1/s1. The maximum atomic E-state index is 11.8. The van der Waals surface area contributed by atoms with Gasteiger partial charge in [-0.2, -0.15) is 0 Å². The lowest BCUT2D eigenvalue weighted by molar-refractivity contribution is -0.116. The summed E-state index contributed by atoms with van der Waals surface area (Å²) in [5, 5.41) is 4.99. The highest BCUT2D eigenvalue weighted by Crippen LogP contribution is 2.26. The van der Waals surface area contributed by atoms with Crippen molar-refractivity contribution in [3.8, 4) is 0 Å². The molecule has 1 aromatic carbocycles. The van der Waals surface area contributed by atoms with Crippen molar-refractivity contribution in [2.75, 3.05) is 6.61 Å². The van der Waals surface area contributed by atoms with Gasteiger partial charge in [0, 0.05) is 0 Å². The fourth-order valence-corrected chi connectivity index (χ4v) is 1.99. The molecular formula is C14H16N2O3. The van der Waals surface area contributed by atoms with E-state index in [0.29, 0.717) is 17.9 Å². The van der Waals surface area contributed by atoms with Crippen LogP contribution in [0.3, 0.4) is 0 Å². The van der Waals surface area contributed by atoms with Gasteiger partial charge >= 0.3 is 6.03 Å². The van der Waals surface area contributed by atoms with Gasteiger partial charge in [0.05, 0.1) is 12.2 Å². The quantitative estimate of drug-likeness (QED) is 0.872. The van der Waals surface area contributed by atoms with E-state index in [1.807, 2.05) is 37.3 Å². The lowest BCUT2D eigenvalue weighted by Crippen LogP contribution is -2.38. The van der Waals surface area contributed by atoms with Crippen LogP contribution in [-0.2, 0) is 9.53 Å². The molecule has 2 N–H and O–H groups in total. The van der Waals surface area contributed by atoms with Crippen molar-refractivity contribution in [2.45, 2.75) is 19.9 Å². The third kappa shape index (κ3) is 2.76. The van der Waals surface area contributed by atoms with Crippen LogP contribution in [-0.4, -0.2) is 18.5 Å². The van der Waals surface area contributed by atoms with E-state index in [0.717, 1.165) is 5.56 Å². The molecule has 3 amide bonds. The number of urea groups is 1. The summed E-state index contributed by atoms with van der Waals surface area (Å²) in [4.78, 5) is 23.4. The third-order valence-electron chi connectivity index (χ3n) is 2.91. The summed E-state index contributed by atoms with van der Waals surface area (Å²) in [7, 11) is 0. The van der Waals surface area contributed by atoms with Crippen LogP contribution in [0.4, 0.5) is 4.79 Å². The first kappa shape index (κ1) is 13.1. The molecule has 0 unspecified atom stereocenters. The van der Waals surface area contributed by atoms with Crippen LogP contribution in [0.15, 0.2) is 41.7 Å². The van der Waals surface area contributed by atoms with Crippen molar-refractivity contribution >= 4 is 11.9 Å². The van der Waals surface area contributed by atoms with E-state index >= 15 is 0 Å². The topological polar surface area (TPSA) is 67.4 Å². The molecule has 0 saturated carbocycles. The predicted molar refractivity (Wildman–Crippen MR) is 70.2 cm³/mol. The number of imide groups is 1. The maximum absolute atomic E-state index is 11.8. The Kier molecular flexibility index (Phi) is 3.85. The SMILES string of the molecule is CCOC1=C(C)C(=O)NC(=O)N[C@@H]1c1ccccc1. The molecule has 0 saturated heterocycles. The predicted octanol–water partition coefficient (Wildman–Crippen LogP) is 1.88. The highest BCUT2D eigenvalue weighted by Gasteiger charge is 2.29. The zero-order valence-electron chi connectivity index (χ0n) is 10.9. The average Bonchev–Trinajstić information content (AvgIpc) is 2.52. The van der Waals surface area contributed by atoms with Crippen molar-refractivity contribution in [3.63, 3.8) is 0 Å². The van der Waals surface area contributed by atoms with Crippen molar-refractivity contribution < 1.29 is 14.3 Å². The number of hydrogen-bond acceptors (Lipinski definition) is 3. The summed E-state index contributed by atoms with van der Waals surface area (Å²) in [5.74, 6) is 0.0523. The van der Waals surface area contributed by atoms with Crippen LogP contribution in [0.1, 0.15) is 25.5 Å². The smallest absolute Gasteiger partial charge is 0.322 e. The van der Waals surface area contributed by atoms with Crippen LogP contribution < -0.4 is 10.6 Å². The molecule has 100 valence electrons. The van der Waals surface area contributed by atoms with Gasteiger partial charge in [0.25, 0.3) is 5.91 Å². The summed E-state index contributed by atoms with van der Waals surface area (Å²) >= 11 is 0. The summed E-state index contributed by atoms with van der Waals surface area (Å²) in [6.07, 6.45) is 0. The summed E-state index contributed by atoms with van der Waals surface area (Å²) in [5.41, 5.74) is 1.28. The van der Waals surface area contributed by atoms with Gasteiger partial charge in [-0.25, -0.2) is 4.79 Å². The van der Waals surface area contributed by atoms with Gasteiger partial charge < -0.3 is 10.1 Å². The van der Waals surface area contributed by atoms with E-state index < -0.39 is 18.0 Å². The Hall–Kier alpha value is -2.30. The molecule has 0 fully saturated rings. The molecule has 1 aromatic rings. The molecule has 1 heterocycles. The van der Waals surface area contributed by atoms with Gasteiger partial charge in [0.15, 0.2) is 0 Å². The number of hydrogen-bond donors (Lipinski definition) is 2. The fourth-order valence-electron chi connectivity index (χ4n) is 1.99. The number of rotatable bonds is 3. The minimum Gasteiger partial charge on any atom is -0.495 e. The summed E-state index contributed by atoms with van der Waals surface area (Å²) < 4.78 is 5.56.